The standard InChI is InChI=1S/C13H12N4O2/c18-12-4-2-1-3-10(12)9-15-17-13(19)16-11-5-7-14-8-6-11/h1-9,18H,(H2,14,16,17,19)/b15-9+. The molecule has 0 atom stereocenters. The van der Waals surface area contributed by atoms with Crippen LogP contribution in [-0.4, -0.2) is 22.3 Å². The number of para-hydroxylation sites is 1. The number of carbonyl (C=O) groups is 1. The summed E-state index contributed by atoms with van der Waals surface area (Å²) < 4.78 is 0. The number of carbonyl (C=O) groups excluding carboxylic acids is 1. The monoisotopic (exact) mass is 256 g/mol. The topological polar surface area (TPSA) is 86.6 Å². The first-order valence-electron chi connectivity index (χ1n) is 5.54. The summed E-state index contributed by atoms with van der Waals surface area (Å²) in [6.45, 7) is 0. The molecule has 0 aliphatic carbocycles. The molecule has 0 aliphatic heterocycles. The minimum atomic E-state index is -0.474. The van der Waals surface area contributed by atoms with Gasteiger partial charge in [-0.2, -0.15) is 5.10 Å². The Hall–Kier alpha value is -2.89. The van der Waals surface area contributed by atoms with Gasteiger partial charge in [0.15, 0.2) is 0 Å². The van der Waals surface area contributed by atoms with Gasteiger partial charge in [0.05, 0.1) is 6.21 Å². The lowest BCUT2D eigenvalue weighted by atomic mass is 10.2. The molecule has 0 spiro atoms. The van der Waals surface area contributed by atoms with Gasteiger partial charge in [0.1, 0.15) is 5.75 Å². The second kappa shape index (κ2) is 6.15. The maximum atomic E-state index is 11.5. The number of pyridine rings is 1. The van der Waals surface area contributed by atoms with E-state index in [4.69, 9.17) is 0 Å². The molecule has 1 heterocycles. The molecule has 96 valence electrons. The average Bonchev–Trinajstić information content (AvgIpc) is 2.42. The van der Waals surface area contributed by atoms with E-state index in [2.05, 4.69) is 20.8 Å². The first kappa shape index (κ1) is 12.6. The number of rotatable bonds is 3. The molecule has 1 aromatic heterocycles. The van der Waals surface area contributed by atoms with Crippen molar-refractivity contribution < 1.29 is 9.90 Å². The van der Waals surface area contributed by atoms with Gasteiger partial charge < -0.3 is 10.4 Å². The molecule has 6 heteroatoms. The van der Waals surface area contributed by atoms with Crippen LogP contribution < -0.4 is 10.7 Å². The number of phenolic OH excluding ortho intramolecular Hbond substituents is 1. The van der Waals surface area contributed by atoms with Crippen LogP contribution in [0.4, 0.5) is 10.5 Å². The average molecular weight is 256 g/mol. The number of anilines is 1. The van der Waals surface area contributed by atoms with Crippen LogP contribution in [0.1, 0.15) is 5.56 Å². The SMILES string of the molecule is O=C(N/N=C/c1ccccc1O)Nc1ccncc1. The summed E-state index contributed by atoms with van der Waals surface area (Å²) in [5, 5.41) is 15.8. The van der Waals surface area contributed by atoms with E-state index in [0.717, 1.165) is 0 Å². The lowest BCUT2D eigenvalue weighted by molar-refractivity contribution is 0.252. The highest BCUT2D eigenvalue weighted by Gasteiger charge is 1.99. The summed E-state index contributed by atoms with van der Waals surface area (Å²) in [5.74, 6) is 0.0996. The Labute approximate surface area is 109 Å². The summed E-state index contributed by atoms with van der Waals surface area (Å²) in [5.41, 5.74) is 3.43. The van der Waals surface area contributed by atoms with E-state index < -0.39 is 6.03 Å². The molecule has 0 radical (unpaired) electrons. The van der Waals surface area contributed by atoms with E-state index in [-0.39, 0.29) is 5.75 Å². The lowest BCUT2D eigenvalue weighted by Crippen LogP contribution is -2.24. The van der Waals surface area contributed by atoms with Crippen LogP contribution in [0.5, 0.6) is 5.75 Å². The molecule has 0 bridgehead atoms. The van der Waals surface area contributed by atoms with Crippen molar-refractivity contribution in [1.82, 2.24) is 10.4 Å². The molecule has 3 N–H and O–H groups in total. The van der Waals surface area contributed by atoms with Gasteiger partial charge in [-0.3, -0.25) is 4.98 Å². The van der Waals surface area contributed by atoms with E-state index in [9.17, 15) is 9.90 Å². The number of nitrogens with one attached hydrogen (secondary N) is 2. The van der Waals surface area contributed by atoms with Gasteiger partial charge in [-0.25, -0.2) is 10.2 Å². The van der Waals surface area contributed by atoms with E-state index >= 15 is 0 Å². The Kier molecular flexibility index (Phi) is 4.07. The Morgan fingerprint density at radius 1 is 1.21 bits per heavy atom. The predicted octanol–water partition coefficient (Wildman–Crippen LogP) is 1.94. The fraction of sp³-hybridized carbons (Fsp3) is 0. The van der Waals surface area contributed by atoms with Gasteiger partial charge in [0, 0.05) is 23.6 Å². The van der Waals surface area contributed by atoms with Crippen molar-refractivity contribution in [3.63, 3.8) is 0 Å². The molecular weight excluding hydrogens is 244 g/mol. The summed E-state index contributed by atoms with van der Waals surface area (Å²) in [6.07, 6.45) is 4.50. The molecule has 0 saturated carbocycles. The number of hydrogen-bond donors (Lipinski definition) is 3. The smallest absolute Gasteiger partial charge is 0.339 e. The maximum absolute atomic E-state index is 11.5. The second-order valence-electron chi connectivity index (χ2n) is 3.62. The van der Waals surface area contributed by atoms with Gasteiger partial charge in [0.25, 0.3) is 0 Å². The summed E-state index contributed by atoms with van der Waals surface area (Å²) in [7, 11) is 0. The molecule has 2 amide bonds. The van der Waals surface area contributed by atoms with Crippen molar-refractivity contribution in [1.29, 1.82) is 0 Å². The molecule has 0 fully saturated rings. The number of aromatic hydroxyl groups is 1. The predicted molar refractivity (Wildman–Crippen MR) is 72.1 cm³/mol. The highest BCUT2D eigenvalue weighted by atomic mass is 16.3. The van der Waals surface area contributed by atoms with E-state index in [0.29, 0.717) is 11.3 Å². The zero-order valence-corrected chi connectivity index (χ0v) is 9.95. The van der Waals surface area contributed by atoms with E-state index in [1.54, 1.807) is 48.8 Å². The van der Waals surface area contributed by atoms with Crippen molar-refractivity contribution >= 4 is 17.9 Å². The van der Waals surface area contributed by atoms with Crippen LogP contribution in [-0.2, 0) is 0 Å². The zero-order valence-electron chi connectivity index (χ0n) is 9.95. The van der Waals surface area contributed by atoms with Crippen LogP contribution in [0, 0.1) is 0 Å². The molecule has 19 heavy (non-hydrogen) atoms. The largest absolute Gasteiger partial charge is 0.507 e. The molecule has 2 aromatic rings. The number of hydrazone groups is 1. The van der Waals surface area contributed by atoms with Crippen molar-refractivity contribution in [2.75, 3.05) is 5.32 Å². The van der Waals surface area contributed by atoms with Gasteiger partial charge in [-0.05, 0) is 24.3 Å². The molecule has 0 aliphatic rings. The molecule has 1 aromatic carbocycles. The minimum Gasteiger partial charge on any atom is -0.507 e. The van der Waals surface area contributed by atoms with E-state index in [1.807, 2.05) is 0 Å². The van der Waals surface area contributed by atoms with Crippen molar-refractivity contribution in [2.45, 2.75) is 0 Å². The van der Waals surface area contributed by atoms with Crippen molar-refractivity contribution in [3.05, 3.63) is 54.4 Å². The fourth-order valence-corrected chi connectivity index (χ4v) is 1.35. The van der Waals surface area contributed by atoms with Gasteiger partial charge in [-0.15, -0.1) is 0 Å². The summed E-state index contributed by atoms with van der Waals surface area (Å²) in [4.78, 5) is 15.3. The zero-order chi connectivity index (χ0) is 13.5. The van der Waals surface area contributed by atoms with Crippen LogP contribution >= 0.6 is 0 Å². The Morgan fingerprint density at radius 2 is 1.95 bits per heavy atom. The molecule has 0 saturated heterocycles. The number of nitrogens with zero attached hydrogens (tertiary/aromatic N) is 2. The van der Waals surface area contributed by atoms with Crippen LogP contribution in [0.25, 0.3) is 0 Å². The molecule has 0 unspecified atom stereocenters. The first-order valence-corrected chi connectivity index (χ1v) is 5.54. The highest BCUT2D eigenvalue weighted by Crippen LogP contribution is 2.12. The summed E-state index contributed by atoms with van der Waals surface area (Å²) >= 11 is 0. The normalized spacial score (nSPS) is 10.3. The maximum Gasteiger partial charge on any atom is 0.339 e. The molecule has 2 rings (SSSR count). The van der Waals surface area contributed by atoms with E-state index in [1.165, 1.54) is 6.21 Å². The Morgan fingerprint density at radius 3 is 2.68 bits per heavy atom. The van der Waals surface area contributed by atoms with Crippen LogP contribution in [0.2, 0.25) is 0 Å². The Bertz CT molecular complexity index is 584. The lowest BCUT2D eigenvalue weighted by Gasteiger charge is -2.03. The third kappa shape index (κ3) is 3.81. The highest BCUT2D eigenvalue weighted by molar-refractivity contribution is 5.90. The fourth-order valence-electron chi connectivity index (χ4n) is 1.35. The van der Waals surface area contributed by atoms with Gasteiger partial charge in [-0.1, -0.05) is 12.1 Å². The van der Waals surface area contributed by atoms with Crippen LogP contribution in [0.15, 0.2) is 53.9 Å². The van der Waals surface area contributed by atoms with Crippen molar-refractivity contribution in [2.24, 2.45) is 5.10 Å². The minimum absolute atomic E-state index is 0.0996. The number of benzene rings is 1. The number of aromatic nitrogens is 1. The quantitative estimate of drug-likeness (QED) is 0.579. The van der Waals surface area contributed by atoms with Gasteiger partial charge in [0.2, 0.25) is 0 Å². The number of amides is 2. The number of phenols is 1. The van der Waals surface area contributed by atoms with Crippen LogP contribution in [0.3, 0.4) is 0 Å². The third-order valence-corrected chi connectivity index (χ3v) is 2.24. The second-order valence-corrected chi connectivity index (χ2v) is 3.62. The van der Waals surface area contributed by atoms with Gasteiger partial charge >= 0.3 is 6.03 Å². The third-order valence-electron chi connectivity index (χ3n) is 2.24. The molecule has 6 nitrogen and oxygen atoms in total. The Balaban J connectivity index is 1.89. The molecular formula is C13H12N4O2. The number of urea groups is 1. The first-order chi connectivity index (χ1) is 9.25. The number of hydrogen-bond acceptors (Lipinski definition) is 4. The summed E-state index contributed by atoms with van der Waals surface area (Å²) in [6, 6.07) is 9.53. The van der Waals surface area contributed by atoms with Crippen molar-refractivity contribution in [3.8, 4) is 5.75 Å².